The summed E-state index contributed by atoms with van der Waals surface area (Å²) >= 11 is 0. The number of hydrogen-bond donors (Lipinski definition) is 0. The zero-order valence-electron chi connectivity index (χ0n) is 24.2. The molecule has 0 aliphatic carbocycles. The second kappa shape index (κ2) is 12.3. The molecule has 0 spiro atoms. The number of aromatic nitrogens is 3. The van der Waals surface area contributed by atoms with Crippen LogP contribution < -0.4 is 4.90 Å². The number of benzene rings is 2. The lowest BCUT2D eigenvalue weighted by molar-refractivity contribution is -0.129. The van der Waals surface area contributed by atoms with Crippen LogP contribution in [-0.4, -0.2) is 58.3 Å². The summed E-state index contributed by atoms with van der Waals surface area (Å²) < 4.78 is 33.1. The maximum absolute atomic E-state index is 13.9. The molecule has 0 saturated carbocycles. The van der Waals surface area contributed by atoms with Crippen LogP contribution in [0.5, 0.6) is 0 Å². The Morgan fingerprint density at radius 3 is 2.40 bits per heavy atom. The molecule has 3 amide bonds. The molecule has 11 nitrogen and oxygen atoms in total. The molecule has 0 N–H and O–H groups in total. The summed E-state index contributed by atoms with van der Waals surface area (Å²) in [6, 6.07) is 17.2. The third-order valence-corrected chi connectivity index (χ3v) is 9.35. The summed E-state index contributed by atoms with van der Waals surface area (Å²) in [7, 11) is -3.95. The van der Waals surface area contributed by atoms with Crippen LogP contribution in [-0.2, 0) is 31.0 Å². The van der Waals surface area contributed by atoms with E-state index in [-0.39, 0.29) is 47.4 Å². The minimum absolute atomic E-state index is 0.00482. The maximum Gasteiger partial charge on any atom is 0.410 e. The minimum atomic E-state index is -3.95. The number of carbonyl (C=O) groups excluding carboxylic acids is 3. The molecule has 1 fully saturated rings. The first-order valence-corrected chi connectivity index (χ1v) is 15.6. The Morgan fingerprint density at radius 2 is 1.72 bits per heavy atom. The van der Waals surface area contributed by atoms with E-state index in [0.29, 0.717) is 13.0 Å². The Bertz CT molecular complexity index is 1750. The number of anilines is 1. The zero-order valence-corrected chi connectivity index (χ0v) is 25.0. The molecule has 43 heavy (non-hydrogen) atoms. The Kier molecular flexibility index (Phi) is 8.58. The fourth-order valence-corrected chi connectivity index (χ4v) is 6.51. The van der Waals surface area contributed by atoms with Crippen molar-refractivity contribution in [3.05, 3.63) is 84.2 Å². The number of carbonyl (C=O) groups is 3. The van der Waals surface area contributed by atoms with Gasteiger partial charge in [-0.2, -0.15) is 0 Å². The van der Waals surface area contributed by atoms with Crippen molar-refractivity contribution in [1.29, 1.82) is 0 Å². The second-order valence-corrected chi connectivity index (χ2v) is 12.3. The van der Waals surface area contributed by atoms with Crippen molar-refractivity contribution in [2.45, 2.75) is 45.1 Å². The SMILES string of the molecule is CCC(=O)N(C(=O)[C@@H]1CN(C(=O)OCc2ccccc2)C[C@H]1CC)c1cnc2c(ccn2S(=O)(=O)c2ccc(C)cc2)n1. The molecule has 1 aliphatic rings. The van der Waals surface area contributed by atoms with Crippen molar-refractivity contribution in [3.8, 4) is 0 Å². The first kappa shape index (κ1) is 29.9. The topological polar surface area (TPSA) is 132 Å². The summed E-state index contributed by atoms with van der Waals surface area (Å²) in [6.45, 7) is 5.96. The highest BCUT2D eigenvalue weighted by atomic mass is 32.2. The van der Waals surface area contributed by atoms with E-state index >= 15 is 0 Å². The van der Waals surface area contributed by atoms with Crippen molar-refractivity contribution < 1.29 is 27.5 Å². The standard InChI is InChI=1S/C31H33N5O6S/c1-4-23-18-34(31(39)42-20-22-9-7-6-8-10-22)19-25(23)30(38)36(28(37)5-2)27-17-32-29-26(33-27)15-16-35(29)43(40,41)24-13-11-21(3)12-14-24/h6-17,23,25H,4-5,18-20H2,1-3H3/t23-,25-/m1/s1. The van der Waals surface area contributed by atoms with E-state index in [2.05, 4.69) is 9.97 Å². The van der Waals surface area contributed by atoms with Crippen LogP contribution in [0.2, 0.25) is 0 Å². The number of aryl methyl sites for hydroxylation is 1. The predicted octanol–water partition coefficient (Wildman–Crippen LogP) is 4.54. The quantitative estimate of drug-likeness (QED) is 0.287. The summed E-state index contributed by atoms with van der Waals surface area (Å²) in [5, 5.41) is 0. The minimum Gasteiger partial charge on any atom is -0.445 e. The Labute approximate surface area is 250 Å². The first-order chi connectivity index (χ1) is 20.6. The van der Waals surface area contributed by atoms with Gasteiger partial charge in [0, 0.05) is 25.7 Å². The first-order valence-electron chi connectivity index (χ1n) is 14.1. The van der Waals surface area contributed by atoms with Crippen LogP contribution in [0.15, 0.2) is 78.0 Å². The van der Waals surface area contributed by atoms with Crippen LogP contribution in [0.4, 0.5) is 10.6 Å². The van der Waals surface area contributed by atoms with Gasteiger partial charge in [0.2, 0.25) is 11.8 Å². The summed E-state index contributed by atoms with van der Waals surface area (Å²) in [4.78, 5) is 51.3. The van der Waals surface area contributed by atoms with Crippen LogP contribution in [0.3, 0.4) is 0 Å². The molecule has 4 aromatic rings. The number of imide groups is 1. The number of ether oxygens (including phenoxy) is 1. The fraction of sp³-hybridized carbons (Fsp3) is 0.323. The zero-order chi connectivity index (χ0) is 30.7. The lowest BCUT2D eigenvalue weighted by Gasteiger charge is -2.24. The Balaban J connectivity index is 1.39. The van der Waals surface area contributed by atoms with Gasteiger partial charge < -0.3 is 9.64 Å². The number of nitrogens with zero attached hydrogens (tertiary/aromatic N) is 5. The van der Waals surface area contributed by atoms with E-state index in [1.807, 2.05) is 44.2 Å². The molecule has 1 aliphatic heterocycles. The van der Waals surface area contributed by atoms with Gasteiger partial charge in [-0.1, -0.05) is 68.3 Å². The molecule has 0 unspecified atom stereocenters. The third kappa shape index (κ3) is 6.00. The Morgan fingerprint density at radius 1 is 1.00 bits per heavy atom. The van der Waals surface area contributed by atoms with E-state index in [9.17, 15) is 22.8 Å². The van der Waals surface area contributed by atoms with Crippen molar-refractivity contribution in [2.75, 3.05) is 18.0 Å². The summed E-state index contributed by atoms with van der Waals surface area (Å²) in [5.41, 5.74) is 2.05. The van der Waals surface area contributed by atoms with Crippen molar-refractivity contribution in [3.63, 3.8) is 0 Å². The van der Waals surface area contributed by atoms with E-state index in [1.165, 1.54) is 35.5 Å². The number of likely N-dealkylation sites (tertiary alicyclic amines) is 1. The van der Waals surface area contributed by atoms with Crippen LogP contribution in [0, 0.1) is 18.8 Å². The third-order valence-electron chi connectivity index (χ3n) is 7.67. The second-order valence-electron chi connectivity index (χ2n) is 10.5. The van der Waals surface area contributed by atoms with Gasteiger partial charge >= 0.3 is 6.09 Å². The normalized spacial score (nSPS) is 16.8. The van der Waals surface area contributed by atoms with Crippen molar-refractivity contribution in [2.24, 2.45) is 11.8 Å². The molecular weight excluding hydrogens is 570 g/mol. The predicted molar refractivity (Wildman–Crippen MR) is 160 cm³/mol. The van der Waals surface area contributed by atoms with Gasteiger partial charge in [0.1, 0.15) is 12.1 Å². The lowest BCUT2D eigenvalue weighted by atomic mass is 9.92. The van der Waals surface area contributed by atoms with E-state index < -0.39 is 33.8 Å². The molecule has 1 saturated heterocycles. The van der Waals surface area contributed by atoms with Crippen molar-refractivity contribution >= 4 is 44.9 Å². The molecule has 2 atom stereocenters. The van der Waals surface area contributed by atoms with Gasteiger partial charge in [-0.25, -0.2) is 32.1 Å². The fourth-order valence-electron chi connectivity index (χ4n) is 5.22. The van der Waals surface area contributed by atoms with Crippen LogP contribution >= 0.6 is 0 Å². The van der Waals surface area contributed by atoms with Crippen LogP contribution in [0.25, 0.3) is 11.2 Å². The van der Waals surface area contributed by atoms with Gasteiger partial charge in [-0.05, 0) is 36.6 Å². The molecule has 2 aromatic carbocycles. The number of hydrogen-bond acceptors (Lipinski definition) is 8. The smallest absolute Gasteiger partial charge is 0.410 e. The summed E-state index contributed by atoms with van der Waals surface area (Å²) in [5.74, 6) is -1.83. The van der Waals surface area contributed by atoms with Gasteiger partial charge in [-0.3, -0.25) is 9.59 Å². The van der Waals surface area contributed by atoms with Crippen LogP contribution in [0.1, 0.15) is 37.8 Å². The average Bonchev–Trinajstić information content (AvgIpc) is 3.65. The molecule has 224 valence electrons. The van der Waals surface area contributed by atoms with Gasteiger partial charge in [0.15, 0.2) is 11.5 Å². The molecule has 0 radical (unpaired) electrons. The van der Waals surface area contributed by atoms with Gasteiger partial charge in [-0.15, -0.1) is 0 Å². The highest BCUT2D eigenvalue weighted by Gasteiger charge is 2.43. The average molecular weight is 604 g/mol. The number of rotatable bonds is 8. The molecule has 12 heteroatoms. The molecule has 3 heterocycles. The summed E-state index contributed by atoms with van der Waals surface area (Å²) in [6.07, 6.45) is 2.69. The van der Waals surface area contributed by atoms with E-state index in [0.717, 1.165) is 20.0 Å². The monoisotopic (exact) mass is 603 g/mol. The molecule has 5 rings (SSSR count). The van der Waals surface area contributed by atoms with E-state index in [1.54, 1.807) is 19.1 Å². The maximum atomic E-state index is 13.9. The Hall–Kier alpha value is -4.58. The largest absolute Gasteiger partial charge is 0.445 e. The highest BCUT2D eigenvalue weighted by Crippen LogP contribution is 2.31. The van der Waals surface area contributed by atoms with Gasteiger partial charge in [0.05, 0.1) is 17.0 Å². The highest BCUT2D eigenvalue weighted by molar-refractivity contribution is 7.90. The van der Waals surface area contributed by atoms with Gasteiger partial charge in [0.25, 0.3) is 10.0 Å². The lowest BCUT2D eigenvalue weighted by Crippen LogP contribution is -2.44. The number of fused-ring (bicyclic) bond motifs is 1. The molecule has 0 bridgehead atoms. The molecular formula is C31H33N5O6S. The van der Waals surface area contributed by atoms with E-state index in [4.69, 9.17) is 4.74 Å². The molecule has 2 aromatic heterocycles. The van der Waals surface area contributed by atoms with Crippen molar-refractivity contribution in [1.82, 2.24) is 18.8 Å². The number of amides is 3.